The molecule has 0 unspecified atom stereocenters. The van der Waals surface area contributed by atoms with E-state index in [0.29, 0.717) is 0 Å². The van der Waals surface area contributed by atoms with Gasteiger partial charge in [0.2, 0.25) is 0 Å². The van der Waals surface area contributed by atoms with Gasteiger partial charge in [0.05, 0.1) is 17.1 Å². The van der Waals surface area contributed by atoms with E-state index in [2.05, 4.69) is 274 Å². The minimum absolute atomic E-state index is 0.0116. The first-order chi connectivity index (χ1) is 34.0. The summed E-state index contributed by atoms with van der Waals surface area (Å²) < 4.78 is 5.28. The Balaban J connectivity index is 1.22. The molecular weight excluding hydrogens is 846 g/mol. The maximum absolute atomic E-state index is 2.64. The zero-order valence-electron chi connectivity index (χ0n) is 40.7. The van der Waals surface area contributed by atoms with E-state index in [4.69, 9.17) is 0 Å². The van der Waals surface area contributed by atoms with Gasteiger partial charge in [-0.3, -0.25) is 0 Å². The highest BCUT2D eigenvalue weighted by Crippen LogP contribution is 2.49. The fourth-order valence-electron chi connectivity index (χ4n) is 11.8. The maximum atomic E-state index is 2.64. The van der Waals surface area contributed by atoms with Crippen LogP contribution in [0.3, 0.4) is 0 Å². The minimum atomic E-state index is -0.0265. The smallest absolute Gasteiger partial charge is 0.252 e. The number of rotatable bonds is 7. The van der Waals surface area contributed by atoms with E-state index in [1.54, 1.807) is 0 Å². The summed E-state index contributed by atoms with van der Waals surface area (Å²) in [7, 11) is 0. The van der Waals surface area contributed by atoms with Crippen molar-refractivity contribution in [3.63, 3.8) is 0 Å². The van der Waals surface area contributed by atoms with Crippen LogP contribution in [0.2, 0.25) is 0 Å². The van der Waals surface area contributed by atoms with Gasteiger partial charge < -0.3 is 14.0 Å². The zero-order valence-corrected chi connectivity index (χ0v) is 40.7. The van der Waals surface area contributed by atoms with Crippen molar-refractivity contribution in [1.82, 2.24) is 9.13 Å². The Morgan fingerprint density at radius 2 is 0.714 bits per heavy atom. The molecule has 0 spiro atoms. The van der Waals surface area contributed by atoms with Gasteiger partial charge in [0.15, 0.2) is 0 Å². The number of nitrogens with zero attached hydrogens (tertiary/aromatic N) is 3. The molecule has 9 aromatic carbocycles. The van der Waals surface area contributed by atoms with E-state index >= 15 is 0 Å². The normalized spacial score (nSPS) is 12.7. The van der Waals surface area contributed by atoms with Crippen LogP contribution in [0.1, 0.15) is 52.7 Å². The molecule has 4 heteroatoms. The lowest BCUT2D eigenvalue weighted by Crippen LogP contribution is -2.59. The lowest BCUT2D eigenvalue weighted by Gasteiger charge is -2.36. The van der Waals surface area contributed by atoms with E-state index in [1.807, 2.05) is 0 Å². The molecule has 2 aliphatic rings. The Bertz CT molecular complexity index is 3550. The summed E-state index contributed by atoms with van der Waals surface area (Å²) in [6.07, 6.45) is 0. The van der Waals surface area contributed by atoms with Gasteiger partial charge in [-0.1, -0.05) is 224 Å². The molecule has 0 bridgehead atoms. The molecule has 0 saturated carbocycles. The number of aromatic nitrogens is 2. The third-order valence-corrected chi connectivity index (χ3v) is 15.0. The molecule has 4 heterocycles. The molecule has 2 aliphatic heterocycles. The van der Waals surface area contributed by atoms with E-state index in [1.165, 1.54) is 105 Å². The Kier molecular flexibility index (Phi) is 9.45. The largest absolute Gasteiger partial charge is 0.310 e. The van der Waals surface area contributed by atoms with Crippen molar-refractivity contribution in [2.75, 3.05) is 4.90 Å². The summed E-state index contributed by atoms with van der Waals surface area (Å²) in [5.41, 5.74) is 24.6. The molecule has 0 radical (unpaired) electrons. The van der Waals surface area contributed by atoms with Crippen LogP contribution in [-0.4, -0.2) is 15.8 Å². The van der Waals surface area contributed by atoms with Gasteiger partial charge in [-0.2, -0.15) is 0 Å². The van der Waals surface area contributed by atoms with Gasteiger partial charge in [0.1, 0.15) is 0 Å². The molecule has 0 N–H and O–H groups in total. The molecule has 0 fully saturated rings. The highest BCUT2D eigenvalue weighted by atomic mass is 15.2. The number of fused-ring (bicyclic) bond motifs is 4. The Morgan fingerprint density at radius 1 is 0.357 bits per heavy atom. The summed E-state index contributed by atoms with van der Waals surface area (Å²) in [6, 6.07) is 81.9. The molecule has 0 atom stereocenters. The third-order valence-electron chi connectivity index (χ3n) is 15.0. The van der Waals surface area contributed by atoms with Crippen LogP contribution in [0, 0.1) is 0 Å². The SMILES string of the molecule is CC(C)(C)c1ccc(N(c2ccc(C(C)(C)C)cc2)c2cc3c4c(c2)-n2c(-c5ccccc5)c(-c5ccccc5)c5cccc(c52)B4c2cccc4c(-c5ccccc5)c(-c5ccccc5)n-3c24)cc1. The topological polar surface area (TPSA) is 13.1 Å². The van der Waals surface area contributed by atoms with Crippen LogP contribution < -0.4 is 21.3 Å². The molecule has 336 valence electrons. The van der Waals surface area contributed by atoms with Gasteiger partial charge in [-0.25, -0.2) is 0 Å². The fraction of sp³-hybridized carbons (Fsp3) is 0.121. The minimum Gasteiger partial charge on any atom is -0.310 e. The van der Waals surface area contributed by atoms with Crippen molar-refractivity contribution in [2.45, 2.75) is 52.4 Å². The maximum Gasteiger partial charge on any atom is 0.252 e. The molecule has 0 amide bonds. The molecule has 3 nitrogen and oxygen atoms in total. The Labute approximate surface area is 412 Å². The fourth-order valence-corrected chi connectivity index (χ4v) is 11.8. The summed E-state index contributed by atoms with van der Waals surface area (Å²) in [5.74, 6) is 0. The zero-order chi connectivity index (χ0) is 47.5. The molecule has 11 aromatic rings. The molecule has 2 aromatic heterocycles. The molecule has 0 aliphatic carbocycles. The van der Waals surface area contributed by atoms with Crippen molar-refractivity contribution >= 4 is 62.0 Å². The van der Waals surface area contributed by atoms with Gasteiger partial charge in [-0.05, 0) is 97.0 Å². The second-order valence-electron chi connectivity index (χ2n) is 21.3. The van der Waals surface area contributed by atoms with Crippen LogP contribution in [0.4, 0.5) is 17.1 Å². The Morgan fingerprint density at radius 3 is 1.07 bits per heavy atom. The van der Waals surface area contributed by atoms with E-state index in [-0.39, 0.29) is 17.5 Å². The van der Waals surface area contributed by atoms with Crippen LogP contribution in [0.5, 0.6) is 0 Å². The summed E-state index contributed by atoms with van der Waals surface area (Å²) in [6.45, 7) is 13.7. The summed E-state index contributed by atoms with van der Waals surface area (Å²) in [5, 5.41) is 2.52. The predicted molar refractivity (Wildman–Crippen MR) is 299 cm³/mol. The third kappa shape index (κ3) is 6.43. The van der Waals surface area contributed by atoms with Crippen molar-refractivity contribution in [1.29, 1.82) is 0 Å². The van der Waals surface area contributed by atoms with Crippen LogP contribution in [-0.2, 0) is 10.8 Å². The van der Waals surface area contributed by atoms with Crippen molar-refractivity contribution < 1.29 is 0 Å². The van der Waals surface area contributed by atoms with Gasteiger partial charge in [0, 0.05) is 55.7 Å². The second kappa shape index (κ2) is 15.7. The predicted octanol–water partition coefficient (Wildman–Crippen LogP) is 15.5. The first-order valence-corrected chi connectivity index (χ1v) is 24.8. The lowest BCUT2D eigenvalue weighted by atomic mass is 9.34. The van der Waals surface area contributed by atoms with E-state index in [9.17, 15) is 0 Å². The standard InChI is InChI=1S/C66H54BN3/c1-65(2,3)47-33-37-49(38-34-47)68(50-39-35-48(36-40-50)66(4,5)6)51-41-56-60-57(42-51)70-62(46-27-17-10-18-28-46)59(44-23-13-8-14-24-44)53-30-20-32-55(64(53)70)67(60)54-31-19-29-52-58(43-21-11-7-12-22-43)61(69(56)63(52)54)45-25-15-9-16-26-45/h7-42H,1-6H3. The number of hydrogen-bond acceptors (Lipinski definition) is 1. The Hall–Kier alpha value is -8.08. The van der Waals surface area contributed by atoms with Gasteiger partial charge in [-0.15, -0.1) is 0 Å². The first-order valence-electron chi connectivity index (χ1n) is 24.8. The number of hydrogen-bond donors (Lipinski definition) is 0. The quantitative estimate of drug-likeness (QED) is 0.145. The monoisotopic (exact) mass is 899 g/mol. The number of para-hydroxylation sites is 2. The number of anilines is 3. The highest BCUT2D eigenvalue weighted by molar-refractivity contribution is 7.00. The average Bonchev–Trinajstić information content (AvgIpc) is 3.93. The van der Waals surface area contributed by atoms with Crippen LogP contribution in [0.15, 0.2) is 218 Å². The first kappa shape index (κ1) is 42.1. The molecule has 70 heavy (non-hydrogen) atoms. The average molecular weight is 900 g/mol. The summed E-state index contributed by atoms with van der Waals surface area (Å²) in [4.78, 5) is 2.49. The molecule has 0 saturated heterocycles. The van der Waals surface area contributed by atoms with Crippen molar-refractivity contribution in [2.24, 2.45) is 0 Å². The number of benzene rings is 9. The van der Waals surface area contributed by atoms with Crippen LogP contribution >= 0.6 is 0 Å². The highest BCUT2D eigenvalue weighted by Gasteiger charge is 2.43. The molecule has 13 rings (SSSR count). The van der Waals surface area contributed by atoms with E-state index in [0.717, 1.165) is 17.1 Å². The second-order valence-corrected chi connectivity index (χ2v) is 21.3. The summed E-state index contributed by atoms with van der Waals surface area (Å²) >= 11 is 0. The van der Waals surface area contributed by atoms with Gasteiger partial charge >= 0.3 is 0 Å². The van der Waals surface area contributed by atoms with Crippen LogP contribution in [0.25, 0.3) is 77.9 Å². The lowest BCUT2D eigenvalue weighted by molar-refractivity contribution is 0.590. The molecular formula is C66H54BN3. The van der Waals surface area contributed by atoms with Crippen molar-refractivity contribution in [3.8, 4) is 56.1 Å². The van der Waals surface area contributed by atoms with Gasteiger partial charge in [0.25, 0.3) is 6.71 Å². The van der Waals surface area contributed by atoms with Crippen molar-refractivity contribution in [3.05, 3.63) is 230 Å². The van der Waals surface area contributed by atoms with E-state index < -0.39 is 0 Å².